The standard InChI is InChI=1S/C20H29N3O2/c1-16-2-4-17(5-3-16)15-22-7-6-18-19(22)14-20(24)23(18)9-8-21-10-12-25-13-11-21/h2-5,18-19H,6-15H2,1H3/t18-,19+/m1/s1. The number of amides is 1. The number of ether oxygens (including phenoxy) is 1. The first-order valence-corrected chi connectivity index (χ1v) is 9.60. The van der Waals surface area contributed by atoms with Crippen molar-refractivity contribution in [3.63, 3.8) is 0 Å². The average Bonchev–Trinajstić information content (AvgIpc) is 3.15. The predicted octanol–water partition coefficient (Wildman–Crippen LogP) is 1.50. The van der Waals surface area contributed by atoms with Crippen LogP contribution in [0.3, 0.4) is 0 Å². The van der Waals surface area contributed by atoms with E-state index in [0.29, 0.717) is 24.4 Å². The van der Waals surface area contributed by atoms with Crippen LogP contribution in [0.5, 0.6) is 0 Å². The fourth-order valence-electron chi connectivity index (χ4n) is 4.50. The highest BCUT2D eigenvalue weighted by molar-refractivity contribution is 5.80. The predicted molar refractivity (Wildman–Crippen MR) is 97.4 cm³/mol. The SMILES string of the molecule is Cc1ccc(CN2CC[C@@H]3[C@@H]2CC(=O)N3CCN2CCOCC2)cc1. The average molecular weight is 343 g/mol. The third-order valence-corrected chi connectivity index (χ3v) is 6.00. The summed E-state index contributed by atoms with van der Waals surface area (Å²) in [5, 5.41) is 0. The second kappa shape index (κ2) is 7.44. The summed E-state index contributed by atoms with van der Waals surface area (Å²) >= 11 is 0. The van der Waals surface area contributed by atoms with Crippen LogP contribution in [0, 0.1) is 6.92 Å². The molecule has 3 saturated heterocycles. The molecule has 0 bridgehead atoms. The summed E-state index contributed by atoms with van der Waals surface area (Å²) in [5.41, 5.74) is 2.65. The van der Waals surface area contributed by atoms with E-state index in [-0.39, 0.29) is 0 Å². The Hall–Kier alpha value is -1.43. The lowest BCUT2D eigenvalue weighted by Gasteiger charge is -2.30. The molecule has 0 spiro atoms. The van der Waals surface area contributed by atoms with Gasteiger partial charge in [-0.1, -0.05) is 29.8 Å². The fraction of sp³-hybridized carbons (Fsp3) is 0.650. The maximum absolute atomic E-state index is 12.6. The lowest BCUT2D eigenvalue weighted by molar-refractivity contribution is -0.129. The Morgan fingerprint density at radius 1 is 1.04 bits per heavy atom. The lowest BCUT2D eigenvalue weighted by Crippen LogP contribution is -2.44. The molecule has 136 valence electrons. The zero-order valence-electron chi connectivity index (χ0n) is 15.2. The molecule has 2 atom stereocenters. The summed E-state index contributed by atoms with van der Waals surface area (Å²) in [7, 11) is 0. The van der Waals surface area contributed by atoms with E-state index in [1.54, 1.807) is 0 Å². The molecule has 5 heteroatoms. The number of carbonyl (C=O) groups is 1. The van der Waals surface area contributed by atoms with Crippen LogP contribution < -0.4 is 0 Å². The molecule has 0 saturated carbocycles. The zero-order chi connectivity index (χ0) is 17.2. The molecule has 3 heterocycles. The number of nitrogens with zero attached hydrogens (tertiary/aromatic N) is 3. The van der Waals surface area contributed by atoms with Gasteiger partial charge in [0.25, 0.3) is 0 Å². The number of aryl methyl sites for hydroxylation is 1. The van der Waals surface area contributed by atoms with Gasteiger partial charge in [-0.15, -0.1) is 0 Å². The summed E-state index contributed by atoms with van der Waals surface area (Å²) in [5.74, 6) is 0.344. The van der Waals surface area contributed by atoms with Crippen LogP contribution >= 0.6 is 0 Å². The van der Waals surface area contributed by atoms with Crippen molar-refractivity contribution >= 4 is 5.91 Å². The third-order valence-electron chi connectivity index (χ3n) is 6.00. The van der Waals surface area contributed by atoms with Crippen LogP contribution in [0.1, 0.15) is 24.0 Å². The second-order valence-electron chi connectivity index (χ2n) is 7.62. The first-order valence-electron chi connectivity index (χ1n) is 9.60. The molecule has 0 aliphatic carbocycles. The molecular formula is C20H29N3O2. The Kier molecular flexibility index (Phi) is 5.06. The van der Waals surface area contributed by atoms with E-state index in [2.05, 4.69) is 45.9 Å². The fourth-order valence-corrected chi connectivity index (χ4v) is 4.50. The van der Waals surface area contributed by atoms with Crippen LogP contribution in [0.4, 0.5) is 0 Å². The maximum Gasteiger partial charge on any atom is 0.224 e. The Labute approximate surface area is 150 Å². The van der Waals surface area contributed by atoms with Gasteiger partial charge in [-0.05, 0) is 18.9 Å². The normalized spacial score (nSPS) is 27.9. The number of likely N-dealkylation sites (tertiary alicyclic amines) is 2. The Morgan fingerprint density at radius 3 is 2.56 bits per heavy atom. The minimum atomic E-state index is 0.344. The molecule has 3 aliphatic rings. The zero-order valence-corrected chi connectivity index (χ0v) is 15.2. The highest BCUT2D eigenvalue weighted by atomic mass is 16.5. The molecule has 3 aliphatic heterocycles. The Morgan fingerprint density at radius 2 is 1.80 bits per heavy atom. The molecule has 0 unspecified atom stereocenters. The van der Waals surface area contributed by atoms with Gasteiger partial charge in [0.2, 0.25) is 5.91 Å². The quantitative estimate of drug-likeness (QED) is 0.812. The van der Waals surface area contributed by atoms with Gasteiger partial charge in [0.15, 0.2) is 0 Å². The van der Waals surface area contributed by atoms with Gasteiger partial charge < -0.3 is 9.64 Å². The van der Waals surface area contributed by atoms with E-state index in [0.717, 1.165) is 58.9 Å². The van der Waals surface area contributed by atoms with E-state index in [4.69, 9.17) is 4.74 Å². The lowest BCUT2D eigenvalue weighted by atomic mass is 10.1. The highest BCUT2D eigenvalue weighted by Crippen LogP contribution is 2.33. The largest absolute Gasteiger partial charge is 0.379 e. The third kappa shape index (κ3) is 3.73. The van der Waals surface area contributed by atoms with Gasteiger partial charge in [-0.3, -0.25) is 14.6 Å². The van der Waals surface area contributed by atoms with Crippen molar-refractivity contribution in [1.29, 1.82) is 0 Å². The van der Waals surface area contributed by atoms with E-state index < -0.39 is 0 Å². The molecule has 1 amide bonds. The molecule has 3 fully saturated rings. The number of benzene rings is 1. The van der Waals surface area contributed by atoms with Gasteiger partial charge in [-0.2, -0.15) is 0 Å². The van der Waals surface area contributed by atoms with Crippen molar-refractivity contribution < 1.29 is 9.53 Å². The molecular weight excluding hydrogens is 314 g/mol. The minimum Gasteiger partial charge on any atom is -0.379 e. The van der Waals surface area contributed by atoms with Crippen LogP contribution in [0.2, 0.25) is 0 Å². The minimum absolute atomic E-state index is 0.344. The summed E-state index contributed by atoms with van der Waals surface area (Å²) in [6.45, 7) is 9.68. The molecule has 0 aromatic heterocycles. The van der Waals surface area contributed by atoms with Crippen LogP contribution in [-0.2, 0) is 16.1 Å². The number of carbonyl (C=O) groups excluding carboxylic acids is 1. The molecule has 1 aromatic carbocycles. The summed E-state index contributed by atoms with van der Waals surface area (Å²) < 4.78 is 5.41. The summed E-state index contributed by atoms with van der Waals surface area (Å²) in [4.78, 5) is 19.7. The number of rotatable bonds is 5. The summed E-state index contributed by atoms with van der Waals surface area (Å²) in [6, 6.07) is 9.61. The molecule has 1 aromatic rings. The molecule has 4 rings (SSSR count). The van der Waals surface area contributed by atoms with Crippen LogP contribution in [0.25, 0.3) is 0 Å². The van der Waals surface area contributed by atoms with Gasteiger partial charge >= 0.3 is 0 Å². The van der Waals surface area contributed by atoms with Crippen LogP contribution in [-0.4, -0.2) is 78.6 Å². The van der Waals surface area contributed by atoms with Crippen molar-refractivity contribution in [2.45, 2.75) is 38.4 Å². The van der Waals surface area contributed by atoms with Crippen molar-refractivity contribution in [2.75, 3.05) is 45.9 Å². The topological polar surface area (TPSA) is 36.0 Å². The molecule has 25 heavy (non-hydrogen) atoms. The van der Waals surface area contributed by atoms with E-state index in [1.807, 2.05) is 0 Å². The highest BCUT2D eigenvalue weighted by Gasteiger charge is 2.46. The first-order chi connectivity index (χ1) is 12.2. The van der Waals surface area contributed by atoms with Crippen LogP contribution in [0.15, 0.2) is 24.3 Å². The number of hydrogen-bond donors (Lipinski definition) is 0. The number of morpholine rings is 1. The van der Waals surface area contributed by atoms with Gasteiger partial charge in [-0.25, -0.2) is 0 Å². The van der Waals surface area contributed by atoms with Crippen molar-refractivity contribution in [3.8, 4) is 0 Å². The van der Waals surface area contributed by atoms with E-state index >= 15 is 0 Å². The van der Waals surface area contributed by atoms with E-state index in [9.17, 15) is 4.79 Å². The van der Waals surface area contributed by atoms with Crippen molar-refractivity contribution in [2.24, 2.45) is 0 Å². The monoisotopic (exact) mass is 343 g/mol. The molecule has 0 N–H and O–H groups in total. The van der Waals surface area contributed by atoms with Gasteiger partial charge in [0.05, 0.1) is 13.2 Å². The molecule has 5 nitrogen and oxygen atoms in total. The van der Waals surface area contributed by atoms with Crippen molar-refractivity contribution in [3.05, 3.63) is 35.4 Å². The first kappa shape index (κ1) is 17.0. The number of hydrogen-bond acceptors (Lipinski definition) is 4. The second-order valence-corrected chi connectivity index (χ2v) is 7.62. The maximum atomic E-state index is 12.6. The summed E-state index contributed by atoms with van der Waals surface area (Å²) in [6.07, 6.45) is 1.81. The van der Waals surface area contributed by atoms with Crippen molar-refractivity contribution in [1.82, 2.24) is 14.7 Å². The number of fused-ring (bicyclic) bond motifs is 1. The van der Waals surface area contributed by atoms with E-state index in [1.165, 1.54) is 11.1 Å². The molecule has 0 radical (unpaired) electrons. The van der Waals surface area contributed by atoms with Gasteiger partial charge in [0.1, 0.15) is 0 Å². The Bertz CT molecular complexity index is 597. The van der Waals surface area contributed by atoms with Gasteiger partial charge in [0, 0.05) is 57.8 Å². The Balaban J connectivity index is 1.34. The smallest absolute Gasteiger partial charge is 0.224 e.